The molecule has 0 bridgehead atoms. The van der Waals surface area contributed by atoms with Crippen LogP contribution in [0, 0.1) is 0 Å². The van der Waals surface area contributed by atoms with Crippen LogP contribution in [0.1, 0.15) is 45.1 Å². The Hall–Kier alpha value is -1.77. The van der Waals surface area contributed by atoms with Crippen LogP contribution < -0.4 is 9.47 Å². The molecule has 0 radical (unpaired) electrons. The van der Waals surface area contributed by atoms with Gasteiger partial charge >= 0.3 is 0 Å². The summed E-state index contributed by atoms with van der Waals surface area (Å²) in [4.78, 5) is 11.3. The van der Waals surface area contributed by atoms with Crippen molar-refractivity contribution in [2.45, 2.75) is 45.6 Å². The van der Waals surface area contributed by atoms with Crippen LogP contribution in [0.2, 0.25) is 0 Å². The number of allylic oxidation sites excluding steroid dienone is 1. The third-order valence-corrected chi connectivity index (χ3v) is 3.72. The standard InChI is InChI=1S/C17H22O3/c1-12(13(2)18)10-14-8-9-16(19-3)17(11-14)20-15-6-4-5-7-15/h8-11,15H,4-7H2,1-3H3. The molecule has 0 atom stereocenters. The molecule has 1 aliphatic rings. The third-order valence-electron chi connectivity index (χ3n) is 3.72. The molecule has 0 aromatic heterocycles. The van der Waals surface area contributed by atoms with Crippen LogP contribution in [0.25, 0.3) is 6.08 Å². The first-order valence-corrected chi connectivity index (χ1v) is 7.14. The number of ether oxygens (including phenoxy) is 2. The van der Waals surface area contributed by atoms with Gasteiger partial charge in [0.25, 0.3) is 0 Å². The summed E-state index contributed by atoms with van der Waals surface area (Å²) >= 11 is 0. The predicted octanol–water partition coefficient (Wildman–Crippen LogP) is 4.01. The van der Waals surface area contributed by atoms with E-state index in [0.29, 0.717) is 0 Å². The fraction of sp³-hybridized carbons (Fsp3) is 0.471. The second-order valence-electron chi connectivity index (χ2n) is 5.32. The Morgan fingerprint density at radius 2 is 1.90 bits per heavy atom. The van der Waals surface area contributed by atoms with E-state index in [1.807, 2.05) is 31.2 Å². The number of benzene rings is 1. The Balaban J connectivity index is 2.23. The smallest absolute Gasteiger partial charge is 0.162 e. The highest BCUT2D eigenvalue weighted by Gasteiger charge is 2.18. The van der Waals surface area contributed by atoms with Crippen LogP contribution in [0.15, 0.2) is 23.8 Å². The first-order valence-electron chi connectivity index (χ1n) is 7.14. The Morgan fingerprint density at radius 3 is 2.50 bits per heavy atom. The highest BCUT2D eigenvalue weighted by atomic mass is 16.5. The van der Waals surface area contributed by atoms with Gasteiger partial charge in [0.15, 0.2) is 17.3 Å². The van der Waals surface area contributed by atoms with E-state index in [1.54, 1.807) is 14.0 Å². The number of methoxy groups -OCH3 is 1. The highest BCUT2D eigenvalue weighted by molar-refractivity contribution is 5.97. The number of hydrogen-bond donors (Lipinski definition) is 0. The largest absolute Gasteiger partial charge is 0.493 e. The van der Waals surface area contributed by atoms with Crippen molar-refractivity contribution < 1.29 is 14.3 Å². The van der Waals surface area contributed by atoms with Gasteiger partial charge in [0.1, 0.15) is 0 Å². The first-order chi connectivity index (χ1) is 9.60. The molecule has 1 aliphatic carbocycles. The normalized spacial score (nSPS) is 16.2. The topological polar surface area (TPSA) is 35.5 Å². The lowest BCUT2D eigenvalue weighted by Gasteiger charge is -2.16. The van der Waals surface area contributed by atoms with Crippen molar-refractivity contribution in [1.29, 1.82) is 0 Å². The number of carbonyl (C=O) groups excluding carboxylic acids is 1. The summed E-state index contributed by atoms with van der Waals surface area (Å²) in [7, 11) is 1.65. The molecule has 1 saturated carbocycles. The molecule has 0 saturated heterocycles. The molecule has 1 fully saturated rings. The zero-order valence-corrected chi connectivity index (χ0v) is 12.4. The van der Waals surface area contributed by atoms with Crippen LogP contribution in [0.3, 0.4) is 0 Å². The fourth-order valence-electron chi connectivity index (χ4n) is 2.41. The summed E-state index contributed by atoms with van der Waals surface area (Å²) in [6.45, 7) is 3.40. The Labute approximate surface area is 120 Å². The molecular formula is C17H22O3. The van der Waals surface area contributed by atoms with Gasteiger partial charge in [-0.1, -0.05) is 6.07 Å². The van der Waals surface area contributed by atoms with E-state index in [2.05, 4.69) is 0 Å². The summed E-state index contributed by atoms with van der Waals surface area (Å²) in [6.07, 6.45) is 6.85. The molecule has 3 nitrogen and oxygen atoms in total. The van der Waals surface area contributed by atoms with Crippen molar-refractivity contribution in [1.82, 2.24) is 0 Å². The average molecular weight is 274 g/mol. The van der Waals surface area contributed by atoms with Crippen LogP contribution in [0.4, 0.5) is 0 Å². The van der Waals surface area contributed by atoms with Gasteiger partial charge in [0.2, 0.25) is 0 Å². The molecule has 108 valence electrons. The van der Waals surface area contributed by atoms with E-state index in [-0.39, 0.29) is 11.9 Å². The number of rotatable bonds is 5. The van der Waals surface area contributed by atoms with E-state index in [9.17, 15) is 4.79 Å². The maximum atomic E-state index is 11.3. The molecule has 0 unspecified atom stereocenters. The summed E-state index contributed by atoms with van der Waals surface area (Å²) < 4.78 is 11.4. The molecule has 0 heterocycles. The SMILES string of the molecule is COc1ccc(C=C(C)C(C)=O)cc1OC1CCCC1. The number of carbonyl (C=O) groups is 1. The number of ketones is 1. The molecular weight excluding hydrogens is 252 g/mol. The lowest BCUT2D eigenvalue weighted by Crippen LogP contribution is -2.11. The molecule has 0 spiro atoms. The second-order valence-corrected chi connectivity index (χ2v) is 5.32. The molecule has 1 aromatic carbocycles. The summed E-state index contributed by atoms with van der Waals surface area (Å²) in [6, 6.07) is 5.78. The maximum Gasteiger partial charge on any atom is 0.162 e. The van der Waals surface area contributed by atoms with Crippen LogP contribution >= 0.6 is 0 Å². The lowest BCUT2D eigenvalue weighted by atomic mass is 10.1. The minimum absolute atomic E-state index is 0.0825. The van der Waals surface area contributed by atoms with Gasteiger partial charge in [-0.3, -0.25) is 4.79 Å². The predicted molar refractivity (Wildman–Crippen MR) is 80.2 cm³/mol. The van der Waals surface area contributed by atoms with Crippen molar-refractivity contribution in [3.05, 3.63) is 29.3 Å². The molecule has 2 rings (SSSR count). The van der Waals surface area contributed by atoms with Crippen molar-refractivity contribution in [2.24, 2.45) is 0 Å². The van der Waals surface area contributed by atoms with Gasteiger partial charge in [-0.2, -0.15) is 0 Å². The van der Waals surface area contributed by atoms with E-state index in [1.165, 1.54) is 12.8 Å². The summed E-state index contributed by atoms with van der Waals surface area (Å²) in [5, 5.41) is 0. The summed E-state index contributed by atoms with van der Waals surface area (Å²) in [5.41, 5.74) is 1.70. The highest BCUT2D eigenvalue weighted by Crippen LogP contribution is 2.32. The van der Waals surface area contributed by atoms with Crippen LogP contribution in [-0.2, 0) is 4.79 Å². The zero-order chi connectivity index (χ0) is 14.5. The van der Waals surface area contributed by atoms with Gasteiger partial charge < -0.3 is 9.47 Å². The molecule has 3 heteroatoms. The Kier molecular flexibility index (Phi) is 4.83. The van der Waals surface area contributed by atoms with Gasteiger partial charge in [-0.15, -0.1) is 0 Å². The van der Waals surface area contributed by atoms with Crippen molar-refractivity contribution >= 4 is 11.9 Å². The molecule has 0 amide bonds. The van der Waals surface area contributed by atoms with Gasteiger partial charge in [0, 0.05) is 0 Å². The molecule has 20 heavy (non-hydrogen) atoms. The van der Waals surface area contributed by atoms with Gasteiger partial charge in [-0.25, -0.2) is 0 Å². The van der Waals surface area contributed by atoms with Crippen molar-refractivity contribution in [3.63, 3.8) is 0 Å². The number of Topliss-reactive ketones (excluding diaryl/α,β-unsaturated/α-hetero) is 1. The third kappa shape index (κ3) is 3.62. The fourth-order valence-corrected chi connectivity index (χ4v) is 2.41. The van der Waals surface area contributed by atoms with Crippen molar-refractivity contribution in [3.8, 4) is 11.5 Å². The zero-order valence-electron chi connectivity index (χ0n) is 12.4. The minimum Gasteiger partial charge on any atom is -0.493 e. The van der Waals surface area contributed by atoms with E-state index in [4.69, 9.17) is 9.47 Å². The Morgan fingerprint density at radius 1 is 1.20 bits per heavy atom. The van der Waals surface area contributed by atoms with Crippen LogP contribution in [-0.4, -0.2) is 19.0 Å². The maximum absolute atomic E-state index is 11.3. The average Bonchev–Trinajstić information content (AvgIpc) is 2.92. The summed E-state index contributed by atoms with van der Waals surface area (Å²) in [5.74, 6) is 1.60. The minimum atomic E-state index is 0.0825. The lowest BCUT2D eigenvalue weighted by molar-refractivity contribution is -0.113. The van der Waals surface area contributed by atoms with E-state index in [0.717, 1.165) is 35.5 Å². The molecule has 1 aromatic rings. The Bertz CT molecular complexity index is 511. The monoisotopic (exact) mass is 274 g/mol. The van der Waals surface area contributed by atoms with Gasteiger partial charge in [-0.05, 0) is 68.9 Å². The second kappa shape index (κ2) is 6.60. The van der Waals surface area contributed by atoms with Crippen LogP contribution in [0.5, 0.6) is 11.5 Å². The van der Waals surface area contributed by atoms with Gasteiger partial charge in [0.05, 0.1) is 13.2 Å². The van der Waals surface area contributed by atoms with E-state index >= 15 is 0 Å². The van der Waals surface area contributed by atoms with E-state index < -0.39 is 0 Å². The van der Waals surface area contributed by atoms with Crippen molar-refractivity contribution in [2.75, 3.05) is 7.11 Å². The number of hydrogen-bond acceptors (Lipinski definition) is 3. The molecule has 0 N–H and O–H groups in total. The first kappa shape index (κ1) is 14.6. The molecule has 0 aliphatic heterocycles. The quantitative estimate of drug-likeness (QED) is 0.761.